The van der Waals surface area contributed by atoms with Crippen molar-refractivity contribution in [3.8, 4) is 0 Å². The van der Waals surface area contributed by atoms with Crippen LogP contribution < -0.4 is 10.5 Å². The lowest BCUT2D eigenvalue weighted by Crippen LogP contribution is -2.44. The Kier molecular flexibility index (Phi) is 5.26. The second-order valence-corrected chi connectivity index (χ2v) is 10.5. The average molecular weight is 432 g/mol. The standard InChI is InChI=1S/C20H21N3O4S2/c1-2-16-10-17-19(28-16)21-13-22(20(17)25)11-18(24)23(14-6-4-3-5-7-14)15-8-9-29(26,27)12-15/h3-7,10,13,15H,2,8-9,11-12H2,1H3. The highest BCUT2D eigenvalue weighted by molar-refractivity contribution is 7.91. The van der Waals surface area contributed by atoms with E-state index in [1.165, 1.54) is 27.1 Å². The minimum Gasteiger partial charge on any atom is -0.307 e. The largest absolute Gasteiger partial charge is 0.307 e. The molecule has 1 saturated heterocycles. The molecule has 3 aromatic rings. The van der Waals surface area contributed by atoms with E-state index in [2.05, 4.69) is 4.98 Å². The zero-order valence-electron chi connectivity index (χ0n) is 15.9. The second kappa shape index (κ2) is 7.72. The number of hydrogen-bond donors (Lipinski definition) is 0. The van der Waals surface area contributed by atoms with Gasteiger partial charge in [-0.1, -0.05) is 25.1 Å². The Morgan fingerprint density at radius 3 is 2.72 bits per heavy atom. The summed E-state index contributed by atoms with van der Waals surface area (Å²) < 4.78 is 25.3. The van der Waals surface area contributed by atoms with Crippen molar-refractivity contribution >= 4 is 43.0 Å². The third-order valence-corrected chi connectivity index (χ3v) is 8.04. The number of hydrogen-bond acceptors (Lipinski definition) is 6. The topological polar surface area (TPSA) is 89.3 Å². The van der Waals surface area contributed by atoms with Crippen molar-refractivity contribution < 1.29 is 13.2 Å². The number of carbonyl (C=O) groups is 1. The third-order valence-electron chi connectivity index (χ3n) is 5.10. The average Bonchev–Trinajstić information content (AvgIpc) is 3.28. The Labute approximate surface area is 172 Å². The van der Waals surface area contributed by atoms with Crippen LogP contribution in [0.4, 0.5) is 5.69 Å². The summed E-state index contributed by atoms with van der Waals surface area (Å²) in [6.07, 6.45) is 2.60. The molecule has 2 aromatic heterocycles. The minimum atomic E-state index is -3.17. The van der Waals surface area contributed by atoms with E-state index in [0.29, 0.717) is 22.3 Å². The molecule has 152 valence electrons. The van der Waals surface area contributed by atoms with E-state index in [1.54, 1.807) is 24.3 Å². The quantitative estimate of drug-likeness (QED) is 0.618. The highest BCUT2D eigenvalue weighted by atomic mass is 32.2. The van der Waals surface area contributed by atoms with Gasteiger partial charge in [0.05, 0.1) is 29.3 Å². The van der Waals surface area contributed by atoms with Crippen LogP contribution >= 0.6 is 11.3 Å². The molecule has 0 bridgehead atoms. The van der Waals surface area contributed by atoms with Gasteiger partial charge >= 0.3 is 0 Å². The highest BCUT2D eigenvalue weighted by Gasteiger charge is 2.35. The summed E-state index contributed by atoms with van der Waals surface area (Å²) in [4.78, 5) is 33.6. The monoisotopic (exact) mass is 431 g/mol. The number of nitrogens with zero attached hydrogens (tertiary/aromatic N) is 3. The maximum absolute atomic E-state index is 13.2. The summed E-state index contributed by atoms with van der Waals surface area (Å²) in [5, 5.41) is 0.511. The molecule has 4 rings (SSSR count). The Hall–Kier alpha value is -2.52. The molecular weight excluding hydrogens is 410 g/mol. The zero-order valence-corrected chi connectivity index (χ0v) is 17.6. The Morgan fingerprint density at radius 1 is 1.31 bits per heavy atom. The van der Waals surface area contributed by atoms with E-state index in [-0.39, 0.29) is 29.5 Å². The Balaban J connectivity index is 1.67. The fraction of sp³-hybridized carbons (Fsp3) is 0.350. The lowest BCUT2D eigenvalue weighted by molar-refractivity contribution is -0.119. The van der Waals surface area contributed by atoms with E-state index in [9.17, 15) is 18.0 Å². The molecule has 1 aliphatic heterocycles. The maximum atomic E-state index is 13.2. The molecule has 0 N–H and O–H groups in total. The van der Waals surface area contributed by atoms with Gasteiger partial charge in [-0.15, -0.1) is 11.3 Å². The Bertz CT molecular complexity index is 1220. The van der Waals surface area contributed by atoms with Crippen molar-refractivity contribution in [3.05, 3.63) is 58.0 Å². The molecule has 7 nitrogen and oxygen atoms in total. The summed E-state index contributed by atoms with van der Waals surface area (Å²) in [7, 11) is -3.17. The van der Waals surface area contributed by atoms with Gasteiger partial charge in [0.1, 0.15) is 11.4 Å². The van der Waals surface area contributed by atoms with Crippen molar-refractivity contribution in [1.82, 2.24) is 9.55 Å². The van der Waals surface area contributed by atoms with Gasteiger partial charge in [0.25, 0.3) is 5.56 Å². The summed E-state index contributed by atoms with van der Waals surface area (Å²) in [6, 6.07) is 10.4. The number of thiophene rings is 1. The van der Waals surface area contributed by atoms with Crippen molar-refractivity contribution in [2.75, 3.05) is 16.4 Å². The maximum Gasteiger partial charge on any atom is 0.262 e. The summed E-state index contributed by atoms with van der Waals surface area (Å²) in [5.41, 5.74) is 0.372. The van der Waals surface area contributed by atoms with Gasteiger partial charge in [-0.05, 0) is 31.0 Å². The van der Waals surface area contributed by atoms with Crippen molar-refractivity contribution in [1.29, 1.82) is 0 Å². The normalized spacial score (nSPS) is 18.2. The van der Waals surface area contributed by atoms with Gasteiger partial charge in [-0.3, -0.25) is 14.2 Å². The van der Waals surface area contributed by atoms with Crippen LogP contribution in [0.2, 0.25) is 0 Å². The number of benzene rings is 1. The molecule has 0 aliphatic carbocycles. The van der Waals surface area contributed by atoms with Crippen molar-refractivity contribution in [3.63, 3.8) is 0 Å². The highest BCUT2D eigenvalue weighted by Crippen LogP contribution is 2.25. The number of aryl methyl sites for hydroxylation is 1. The van der Waals surface area contributed by atoms with Crippen LogP contribution in [0.25, 0.3) is 10.2 Å². The van der Waals surface area contributed by atoms with Gasteiger partial charge < -0.3 is 4.90 Å². The molecule has 9 heteroatoms. The second-order valence-electron chi connectivity index (χ2n) is 7.12. The van der Waals surface area contributed by atoms with E-state index < -0.39 is 15.9 Å². The predicted molar refractivity (Wildman–Crippen MR) is 114 cm³/mol. The van der Waals surface area contributed by atoms with Gasteiger partial charge in [0.15, 0.2) is 9.84 Å². The van der Waals surface area contributed by atoms with Gasteiger partial charge in [0, 0.05) is 10.6 Å². The molecule has 1 aliphatic rings. The predicted octanol–water partition coefficient (Wildman–Crippen LogP) is 2.24. The molecular formula is C20H21N3O4S2. The Morgan fingerprint density at radius 2 is 2.07 bits per heavy atom. The molecule has 1 aromatic carbocycles. The fourth-order valence-corrected chi connectivity index (χ4v) is 6.27. The van der Waals surface area contributed by atoms with Crippen LogP contribution in [0, 0.1) is 0 Å². The SMILES string of the molecule is CCc1cc2c(=O)n(CC(=O)N(c3ccccc3)C3CCS(=O)(=O)C3)cnc2s1. The smallest absolute Gasteiger partial charge is 0.262 e. The van der Waals surface area contributed by atoms with Crippen LogP contribution in [0.5, 0.6) is 0 Å². The number of aromatic nitrogens is 2. The lowest BCUT2D eigenvalue weighted by Gasteiger charge is -2.28. The summed E-state index contributed by atoms with van der Waals surface area (Å²) >= 11 is 1.48. The van der Waals surface area contributed by atoms with Crippen LogP contribution in [-0.4, -0.2) is 41.4 Å². The molecule has 29 heavy (non-hydrogen) atoms. The molecule has 1 unspecified atom stereocenters. The number of para-hydroxylation sites is 1. The zero-order chi connectivity index (χ0) is 20.6. The molecule has 0 spiro atoms. The van der Waals surface area contributed by atoms with Crippen LogP contribution in [-0.2, 0) is 27.6 Å². The van der Waals surface area contributed by atoms with Gasteiger partial charge in [0.2, 0.25) is 5.91 Å². The van der Waals surface area contributed by atoms with Crippen molar-refractivity contribution in [2.24, 2.45) is 0 Å². The minimum absolute atomic E-state index is 0.0653. The lowest BCUT2D eigenvalue weighted by atomic mass is 10.1. The molecule has 1 amide bonds. The van der Waals surface area contributed by atoms with Gasteiger partial charge in [-0.25, -0.2) is 13.4 Å². The van der Waals surface area contributed by atoms with Crippen molar-refractivity contribution in [2.45, 2.75) is 32.4 Å². The first-order valence-corrected chi connectivity index (χ1v) is 12.1. The number of anilines is 1. The molecule has 1 fully saturated rings. The molecule has 0 saturated carbocycles. The van der Waals surface area contributed by atoms with Crippen LogP contribution in [0.1, 0.15) is 18.2 Å². The molecule has 0 radical (unpaired) electrons. The molecule has 3 heterocycles. The third kappa shape index (κ3) is 3.97. The summed E-state index contributed by atoms with van der Waals surface area (Å²) in [6.45, 7) is 1.82. The first-order chi connectivity index (χ1) is 13.9. The van der Waals surface area contributed by atoms with E-state index >= 15 is 0 Å². The number of carbonyl (C=O) groups excluding carboxylic acids is 1. The van der Waals surface area contributed by atoms with Gasteiger partial charge in [-0.2, -0.15) is 0 Å². The number of fused-ring (bicyclic) bond motifs is 1. The first-order valence-electron chi connectivity index (χ1n) is 9.43. The summed E-state index contributed by atoms with van der Waals surface area (Å²) in [5.74, 6) is -0.326. The number of rotatable bonds is 5. The van der Waals surface area contributed by atoms with E-state index in [4.69, 9.17) is 0 Å². The fourth-order valence-electron chi connectivity index (χ4n) is 3.64. The van der Waals surface area contributed by atoms with E-state index in [0.717, 1.165) is 11.3 Å². The van der Waals surface area contributed by atoms with Crippen LogP contribution in [0.3, 0.4) is 0 Å². The number of amides is 1. The van der Waals surface area contributed by atoms with E-state index in [1.807, 2.05) is 19.1 Å². The first kappa shape index (κ1) is 19.8. The van der Waals surface area contributed by atoms with Crippen LogP contribution in [0.15, 0.2) is 47.5 Å². The molecule has 1 atom stereocenters. The number of sulfone groups is 1.